The third kappa shape index (κ3) is 5.47. The maximum Gasteiger partial charge on any atom is 0.244 e. The van der Waals surface area contributed by atoms with Crippen molar-refractivity contribution in [3.63, 3.8) is 0 Å². The van der Waals surface area contributed by atoms with E-state index in [0.29, 0.717) is 23.5 Å². The van der Waals surface area contributed by atoms with E-state index in [1.807, 2.05) is 35.1 Å². The van der Waals surface area contributed by atoms with Crippen molar-refractivity contribution in [2.75, 3.05) is 26.2 Å². The van der Waals surface area contributed by atoms with Crippen molar-refractivity contribution in [1.29, 1.82) is 0 Å². The van der Waals surface area contributed by atoms with Crippen molar-refractivity contribution < 1.29 is 17.9 Å². The highest BCUT2D eigenvalue weighted by atomic mass is 32.2. The van der Waals surface area contributed by atoms with Gasteiger partial charge in [-0.3, -0.25) is 9.20 Å². The van der Waals surface area contributed by atoms with Crippen LogP contribution in [0.2, 0.25) is 0 Å². The van der Waals surface area contributed by atoms with Crippen LogP contribution in [0.4, 0.5) is 0 Å². The van der Waals surface area contributed by atoms with Crippen LogP contribution in [-0.4, -0.2) is 55.1 Å². The van der Waals surface area contributed by atoms with E-state index >= 15 is 0 Å². The molecule has 1 unspecified atom stereocenters. The highest BCUT2D eigenvalue weighted by Crippen LogP contribution is 2.25. The van der Waals surface area contributed by atoms with Gasteiger partial charge in [-0.05, 0) is 61.4 Å². The summed E-state index contributed by atoms with van der Waals surface area (Å²) in [5.41, 5.74) is 1.25. The Morgan fingerprint density at radius 1 is 1.28 bits per heavy atom. The van der Waals surface area contributed by atoms with Crippen LogP contribution in [0.1, 0.15) is 23.9 Å². The lowest BCUT2D eigenvalue weighted by atomic mass is 10.2. The zero-order valence-electron chi connectivity index (χ0n) is 18.0. The van der Waals surface area contributed by atoms with Gasteiger partial charge in [0.15, 0.2) is 11.5 Å². The number of hydrogen-bond donors (Lipinski definition) is 2. The predicted molar refractivity (Wildman–Crippen MR) is 125 cm³/mol. The number of pyridine rings is 1. The number of carbonyl (C=O) groups is 1. The van der Waals surface area contributed by atoms with Crippen LogP contribution in [0.3, 0.4) is 0 Å². The topological polar surface area (TPSA) is 115 Å². The number of fused-ring (bicyclic) bond motifs is 1. The van der Waals surface area contributed by atoms with Crippen molar-refractivity contribution in [2.24, 2.45) is 0 Å². The zero-order valence-corrected chi connectivity index (χ0v) is 19.6. The number of thioether (sulfide) groups is 1. The maximum absolute atomic E-state index is 12.7. The number of hydrogen-bond acceptors (Lipinski definition) is 7. The van der Waals surface area contributed by atoms with Crippen molar-refractivity contribution in [2.45, 2.75) is 17.4 Å². The minimum Gasteiger partial charge on any atom is -0.495 e. The van der Waals surface area contributed by atoms with Crippen LogP contribution >= 0.6 is 11.8 Å². The number of amides is 1. The number of aromatic nitrogens is 3. The summed E-state index contributed by atoms with van der Waals surface area (Å²) >= 11 is 1.68. The monoisotopic (exact) mass is 475 g/mol. The number of ether oxygens (including phenoxy) is 1. The Bertz CT molecular complexity index is 1220. The molecule has 0 aliphatic heterocycles. The predicted octanol–water partition coefficient (Wildman–Crippen LogP) is 2.27. The SMILES string of the molecule is CNS(=O)(=O)c1cc(/C=C/C(=O)NC(CCSC)c2nnc3ccccn23)ccc1OC. The van der Waals surface area contributed by atoms with Crippen LogP contribution in [0.15, 0.2) is 53.6 Å². The fourth-order valence-corrected chi connectivity index (χ4v) is 4.51. The Balaban J connectivity index is 1.81. The highest BCUT2D eigenvalue weighted by molar-refractivity contribution is 7.98. The van der Waals surface area contributed by atoms with Gasteiger partial charge in [0, 0.05) is 12.3 Å². The van der Waals surface area contributed by atoms with Crippen molar-refractivity contribution in [3.05, 3.63) is 60.1 Å². The minimum absolute atomic E-state index is 0.00200. The van der Waals surface area contributed by atoms with Crippen LogP contribution < -0.4 is 14.8 Å². The van der Waals surface area contributed by atoms with Gasteiger partial charge in [-0.2, -0.15) is 11.8 Å². The van der Waals surface area contributed by atoms with Gasteiger partial charge in [0.25, 0.3) is 0 Å². The van der Waals surface area contributed by atoms with Gasteiger partial charge in [0.2, 0.25) is 15.9 Å². The van der Waals surface area contributed by atoms with Gasteiger partial charge in [-0.1, -0.05) is 12.1 Å². The Hall–Kier alpha value is -2.89. The first kappa shape index (κ1) is 23.8. The van der Waals surface area contributed by atoms with Crippen LogP contribution in [0, 0.1) is 0 Å². The van der Waals surface area contributed by atoms with Gasteiger partial charge >= 0.3 is 0 Å². The molecule has 3 aromatic rings. The summed E-state index contributed by atoms with van der Waals surface area (Å²) in [5, 5.41) is 11.4. The largest absolute Gasteiger partial charge is 0.495 e. The summed E-state index contributed by atoms with van der Waals surface area (Å²) in [6, 6.07) is 9.96. The molecule has 0 aliphatic carbocycles. The van der Waals surface area contributed by atoms with Gasteiger partial charge in [-0.15, -0.1) is 10.2 Å². The standard InChI is InChI=1S/C21H25N5O4S2/c1-22-32(28,29)18-14-15(7-9-17(18)30-2)8-10-20(27)23-16(11-13-31-3)21-25-24-19-6-4-5-12-26(19)21/h4-10,12,14,16,22H,11,13H2,1-3H3,(H,23,27)/b10-8+. The molecule has 9 nitrogen and oxygen atoms in total. The van der Waals surface area contributed by atoms with E-state index in [4.69, 9.17) is 4.74 Å². The molecule has 11 heteroatoms. The van der Waals surface area contributed by atoms with Gasteiger partial charge in [-0.25, -0.2) is 13.1 Å². The summed E-state index contributed by atoms with van der Waals surface area (Å²) in [5.74, 6) is 1.39. The van der Waals surface area contributed by atoms with Gasteiger partial charge in [0.1, 0.15) is 10.6 Å². The number of sulfonamides is 1. The molecule has 0 bridgehead atoms. The zero-order chi connectivity index (χ0) is 23.1. The average molecular weight is 476 g/mol. The molecular weight excluding hydrogens is 450 g/mol. The second-order valence-electron chi connectivity index (χ2n) is 6.78. The molecule has 170 valence electrons. The Labute approximate surface area is 191 Å². The molecule has 2 aromatic heterocycles. The molecule has 0 fully saturated rings. The number of benzene rings is 1. The first-order chi connectivity index (χ1) is 15.4. The van der Waals surface area contributed by atoms with Crippen molar-refractivity contribution in [3.8, 4) is 5.75 Å². The summed E-state index contributed by atoms with van der Waals surface area (Å²) in [7, 11) is -0.986. The molecule has 1 aromatic carbocycles. The maximum atomic E-state index is 12.7. The van der Waals surface area contributed by atoms with E-state index in [9.17, 15) is 13.2 Å². The van der Waals surface area contributed by atoms with Crippen LogP contribution in [0.5, 0.6) is 5.75 Å². The smallest absolute Gasteiger partial charge is 0.244 e. The van der Waals surface area contributed by atoms with Crippen molar-refractivity contribution in [1.82, 2.24) is 24.6 Å². The molecule has 3 rings (SSSR count). The lowest BCUT2D eigenvalue weighted by molar-refractivity contribution is -0.117. The van der Waals surface area contributed by atoms with Crippen LogP contribution in [-0.2, 0) is 14.8 Å². The molecule has 0 saturated carbocycles. The van der Waals surface area contributed by atoms with Gasteiger partial charge < -0.3 is 10.1 Å². The summed E-state index contributed by atoms with van der Waals surface area (Å²) in [6.45, 7) is 0. The second-order valence-corrected chi connectivity index (χ2v) is 9.62. The fraction of sp³-hybridized carbons (Fsp3) is 0.286. The molecule has 2 N–H and O–H groups in total. The molecule has 0 saturated heterocycles. The molecule has 0 spiro atoms. The molecular formula is C21H25N5O4S2. The van der Waals surface area contributed by atoms with E-state index < -0.39 is 10.0 Å². The molecule has 1 atom stereocenters. The normalized spacial score (nSPS) is 12.8. The molecule has 0 aliphatic rings. The quantitative estimate of drug-likeness (QED) is 0.432. The summed E-state index contributed by atoms with van der Waals surface area (Å²) < 4.78 is 33.8. The highest BCUT2D eigenvalue weighted by Gasteiger charge is 2.20. The third-order valence-corrected chi connectivity index (χ3v) is 6.83. The van der Waals surface area contributed by atoms with E-state index in [1.165, 1.54) is 26.3 Å². The second kappa shape index (κ2) is 10.6. The first-order valence-electron chi connectivity index (χ1n) is 9.78. The van der Waals surface area contributed by atoms with E-state index in [0.717, 1.165) is 5.75 Å². The average Bonchev–Trinajstić information content (AvgIpc) is 3.24. The third-order valence-electron chi connectivity index (χ3n) is 4.75. The molecule has 1 amide bonds. The van der Waals surface area contributed by atoms with Gasteiger partial charge in [0.05, 0.1) is 13.2 Å². The van der Waals surface area contributed by atoms with Crippen molar-refractivity contribution >= 4 is 39.4 Å². The fourth-order valence-electron chi connectivity index (χ4n) is 3.11. The Kier molecular flexibility index (Phi) is 7.89. The number of carbonyl (C=O) groups excluding carboxylic acids is 1. The molecule has 32 heavy (non-hydrogen) atoms. The number of nitrogens with one attached hydrogen (secondary N) is 2. The lowest BCUT2D eigenvalue weighted by Gasteiger charge is -2.16. The number of rotatable bonds is 10. The summed E-state index contributed by atoms with van der Waals surface area (Å²) in [6.07, 6.45) is 7.47. The Morgan fingerprint density at radius 2 is 2.09 bits per heavy atom. The van der Waals surface area contributed by atoms with Crippen LogP contribution in [0.25, 0.3) is 11.7 Å². The minimum atomic E-state index is -3.71. The number of nitrogens with zero attached hydrogens (tertiary/aromatic N) is 3. The Morgan fingerprint density at radius 3 is 2.81 bits per heavy atom. The first-order valence-corrected chi connectivity index (χ1v) is 12.7. The summed E-state index contributed by atoms with van der Waals surface area (Å²) in [4.78, 5) is 12.7. The molecule has 0 radical (unpaired) electrons. The number of methoxy groups -OCH3 is 1. The lowest BCUT2D eigenvalue weighted by Crippen LogP contribution is -2.29. The van der Waals surface area contributed by atoms with E-state index in [2.05, 4.69) is 20.2 Å². The van der Waals surface area contributed by atoms with E-state index in [1.54, 1.807) is 30.0 Å². The van der Waals surface area contributed by atoms with E-state index in [-0.39, 0.29) is 22.6 Å². The molecule has 2 heterocycles.